The molecule has 0 aliphatic carbocycles. The van der Waals surface area contributed by atoms with E-state index in [1.807, 2.05) is 13.8 Å². The van der Waals surface area contributed by atoms with E-state index in [1.54, 1.807) is 0 Å². The van der Waals surface area contributed by atoms with Gasteiger partial charge in [0.2, 0.25) is 5.89 Å². The quantitative estimate of drug-likeness (QED) is 0.589. The summed E-state index contributed by atoms with van der Waals surface area (Å²) in [6.07, 6.45) is 0. The van der Waals surface area contributed by atoms with Crippen molar-refractivity contribution in [2.75, 3.05) is 27.2 Å². The summed E-state index contributed by atoms with van der Waals surface area (Å²) in [5, 5.41) is 6.71. The van der Waals surface area contributed by atoms with Gasteiger partial charge >= 0.3 is 0 Å². The fourth-order valence-electron chi connectivity index (χ4n) is 2.68. The second kappa shape index (κ2) is 9.38. The third-order valence-electron chi connectivity index (χ3n) is 4.34. The van der Waals surface area contributed by atoms with Gasteiger partial charge in [0.1, 0.15) is 12.3 Å². The molecule has 6 nitrogen and oxygen atoms in total. The molecule has 0 radical (unpaired) electrons. The maximum atomic E-state index is 5.61. The molecule has 0 fully saturated rings. The van der Waals surface area contributed by atoms with Crippen molar-refractivity contribution in [1.82, 2.24) is 20.5 Å². The Morgan fingerprint density at radius 3 is 2.38 bits per heavy atom. The van der Waals surface area contributed by atoms with E-state index in [9.17, 15) is 0 Å². The van der Waals surface area contributed by atoms with Gasteiger partial charge in [0.15, 0.2) is 5.96 Å². The Hall–Kier alpha value is -2.34. The van der Waals surface area contributed by atoms with Crippen LogP contribution >= 0.6 is 0 Å². The van der Waals surface area contributed by atoms with E-state index in [-0.39, 0.29) is 6.04 Å². The Kier molecular flexibility index (Phi) is 7.21. The Morgan fingerprint density at radius 1 is 1.15 bits per heavy atom. The molecule has 2 rings (SSSR count). The fourth-order valence-corrected chi connectivity index (χ4v) is 2.68. The number of hydrogen-bond acceptors (Lipinski definition) is 4. The second-order valence-corrected chi connectivity index (χ2v) is 6.72. The largest absolute Gasteiger partial charge is 0.444 e. The van der Waals surface area contributed by atoms with Crippen LogP contribution < -0.4 is 10.6 Å². The van der Waals surface area contributed by atoms with E-state index < -0.39 is 0 Å². The van der Waals surface area contributed by atoms with E-state index >= 15 is 0 Å². The second-order valence-electron chi connectivity index (χ2n) is 6.72. The summed E-state index contributed by atoms with van der Waals surface area (Å²) in [5.74, 6) is 2.25. The normalized spacial score (nSPS) is 13.1. The number of likely N-dealkylation sites (N-methyl/N-ethyl adjacent to an activating group) is 1. The molecule has 1 aromatic heterocycles. The van der Waals surface area contributed by atoms with E-state index in [4.69, 9.17) is 4.42 Å². The molecule has 0 aliphatic heterocycles. The zero-order chi connectivity index (χ0) is 19.1. The van der Waals surface area contributed by atoms with Crippen LogP contribution in [0.15, 0.2) is 33.7 Å². The van der Waals surface area contributed by atoms with Crippen molar-refractivity contribution in [3.05, 3.63) is 52.7 Å². The zero-order valence-electron chi connectivity index (χ0n) is 16.8. The molecular weight excluding hydrogens is 326 g/mol. The van der Waals surface area contributed by atoms with E-state index in [1.165, 1.54) is 11.1 Å². The number of guanidine groups is 1. The minimum Gasteiger partial charge on any atom is -0.444 e. The van der Waals surface area contributed by atoms with Gasteiger partial charge in [0, 0.05) is 13.1 Å². The summed E-state index contributed by atoms with van der Waals surface area (Å²) in [7, 11) is 4.18. The van der Waals surface area contributed by atoms with Crippen LogP contribution in [-0.2, 0) is 6.54 Å². The predicted molar refractivity (Wildman–Crippen MR) is 106 cm³/mol. The van der Waals surface area contributed by atoms with Crippen LogP contribution in [0.3, 0.4) is 0 Å². The standard InChI is InChI=1S/C20H31N5O/c1-7-21-20(23-13-19-24-15(3)16(4)26-19)22-12-18(25(5)6)17-10-8-14(2)9-11-17/h8-11,18H,7,12-13H2,1-6H3,(H2,21,22,23). The zero-order valence-corrected chi connectivity index (χ0v) is 16.8. The maximum absolute atomic E-state index is 5.61. The predicted octanol–water partition coefficient (Wildman–Crippen LogP) is 2.96. The van der Waals surface area contributed by atoms with E-state index in [0.717, 1.165) is 30.5 Å². The molecule has 1 aromatic carbocycles. The van der Waals surface area contributed by atoms with Crippen molar-refractivity contribution in [2.24, 2.45) is 4.99 Å². The van der Waals surface area contributed by atoms with Crippen molar-refractivity contribution in [3.63, 3.8) is 0 Å². The third kappa shape index (κ3) is 5.59. The van der Waals surface area contributed by atoms with Crippen molar-refractivity contribution < 1.29 is 4.42 Å². The number of nitrogens with one attached hydrogen (secondary N) is 2. The first kappa shape index (κ1) is 20.0. The molecule has 1 atom stereocenters. The van der Waals surface area contributed by atoms with E-state index in [0.29, 0.717) is 12.4 Å². The van der Waals surface area contributed by atoms with Crippen LogP contribution in [0.4, 0.5) is 0 Å². The molecule has 2 N–H and O–H groups in total. The molecule has 0 aliphatic rings. The van der Waals surface area contributed by atoms with Crippen molar-refractivity contribution in [3.8, 4) is 0 Å². The van der Waals surface area contributed by atoms with Gasteiger partial charge in [-0.3, -0.25) is 0 Å². The molecule has 0 amide bonds. The summed E-state index contributed by atoms with van der Waals surface area (Å²) >= 11 is 0. The number of aliphatic imine (C=N–C) groups is 1. The van der Waals surface area contributed by atoms with Gasteiger partial charge in [-0.05, 0) is 47.4 Å². The van der Waals surface area contributed by atoms with Crippen molar-refractivity contribution >= 4 is 5.96 Å². The van der Waals surface area contributed by atoms with Gasteiger partial charge in [0.25, 0.3) is 0 Å². The highest BCUT2D eigenvalue weighted by atomic mass is 16.4. The van der Waals surface area contributed by atoms with Crippen LogP contribution in [0.25, 0.3) is 0 Å². The Bertz CT molecular complexity index is 699. The highest BCUT2D eigenvalue weighted by molar-refractivity contribution is 5.79. The Morgan fingerprint density at radius 2 is 1.85 bits per heavy atom. The highest BCUT2D eigenvalue weighted by Gasteiger charge is 2.14. The average Bonchev–Trinajstić information content (AvgIpc) is 2.92. The first-order chi connectivity index (χ1) is 12.4. The van der Waals surface area contributed by atoms with Crippen molar-refractivity contribution in [1.29, 1.82) is 0 Å². The first-order valence-corrected chi connectivity index (χ1v) is 9.08. The van der Waals surface area contributed by atoms with E-state index in [2.05, 4.69) is 77.7 Å². The number of aromatic nitrogens is 1. The molecule has 0 bridgehead atoms. The number of hydrogen-bond donors (Lipinski definition) is 2. The van der Waals surface area contributed by atoms with Crippen LogP contribution in [0.1, 0.15) is 41.4 Å². The smallest absolute Gasteiger partial charge is 0.216 e. The van der Waals surface area contributed by atoms with Gasteiger partial charge in [-0.15, -0.1) is 0 Å². The van der Waals surface area contributed by atoms with Crippen LogP contribution in [-0.4, -0.2) is 43.0 Å². The summed E-state index contributed by atoms with van der Waals surface area (Å²) in [4.78, 5) is 11.2. The van der Waals surface area contributed by atoms with Gasteiger partial charge in [-0.2, -0.15) is 0 Å². The molecule has 142 valence electrons. The molecule has 0 saturated carbocycles. The molecule has 2 aromatic rings. The lowest BCUT2D eigenvalue weighted by atomic mass is 10.0. The first-order valence-electron chi connectivity index (χ1n) is 9.08. The summed E-state index contributed by atoms with van der Waals surface area (Å²) in [6.45, 7) is 10.00. The summed E-state index contributed by atoms with van der Waals surface area (Å²) < 4.78 is 5.61. The maximum Gasteiger partial charge on any atom is 0.216 e. The minimum absolute atomic E-state index is 0.255. The number of nitrogens with zero attached hydrogens (tertiary/aromatic N) is 3. The number of aryl methyl sites for hydroxylation is 3. The molecule has 0 spiro atoms. The summed E-state index contributed by atoms with van der Waals surface area (Å²) in [6, 6.07) is 8.93. The molecular formula is C20H31N5O. The Labute approximate surface area is 156 Å². The van der Waals surface area contributed by atoms with Gasteiger partial charge in [0.05, 0.1) is 11.7 Å². The van der Waals surface area contributed by atoms with Crippen molar-refractivity contribution in [2.45, 2.75) is 40.3 Å². The number of benzene rings is 1. The van der Waals surface area contributed by atoms with Gasteiger partial charge < -0.3 is 20.0 Å². The molecule has 6 heteroatoms. The van der Waals surface area contributed by atoms with Crippen LogP contribution in [0.2, 0.25) is 0 Å². The Balaban J connectivity index is 2.04. The fraction of sp³-hybridized carbons (Fsp3) is 0.500. The molecule has 1 heterocycles. The topological polar surface area (TPSA) is 65.7 Å². The molecule has 0 saturated heterocycles. The monoisotopic (exact) mass is 357 g/mol. The minimum atomic E-state index is 0.255. The van der Waals surface area contributed by atoms with Gasteiger partial charge in [-0.1, -0.05) is 29.8 Å². The molecule has 26 heavy (non-hydrogen) atoms. The average molecular weight is 358 g/mol. The van der Waals surface area contributed by atoms with Crippen LogP contribution in [0.5, 0.6) is 0 Å². The highest BCUT2D eigenvalue weighted by Crippen LogP contribution is 2.18. The summed E-state index contributed by atoms with van der Waals surface area (Å²) in [5.41, 5.74) is 3.47. The SMILES string of the molecule is CCNC(=NCc1nc(C)c(C)o1)NCC(c1ccc(C)cc1)N(C)C. The van der Waals surface area contributed by atoms with Crippen LogP contribution in [0, 0.1) is 20.8 Å². The third-order valence-corrected chi connectivity index (χ3v) is 4.34. The lowest BCUT2D eigenvalue weighted by Gasteiger charge is -2.26. The van der Waals surface area contributed by atoms with Gasteiger partial charge in [-0.25, -0.2) is 9.98 Å². The lowest BCUT2D eigenvalue weighted by molar-refractivity contribution is 0.298. The lowest BCUT2D eigenvalue weighted by Crippen LogP contribution is -2.41. The number of rotatable bonds is 7. The number of oxazole rings is 1. The molecule has 1 unspecified atom stereocenters.